The predicted molar refractivity (Wildman–Crippen MR) is 137 cm³/mol. The molecule has 4 rings (SSSR count). The zero-order valence-corrected chi connectivity index (χ0v) is 21.4. The molecule has 2 fully saturated rings. The Balaban J connectivity index is 1.60. The van der Waals surface area contributed by atoms with Gasteiger partial charge in [-0.1, -0.05) is 44.3 Å². The Bertz CT molecular complexity index is 1130. The number of nitrogens with one attached hydrogen (secondary N) is 2. The number of fused-ring (bicyclic) bond motifs is 2. The van der Waals surface area contributed by atoms with Gasteiger partial charge in [0.1, 0.15) is 17.1 Å². The normalized spacial score (nSPS) is 24.8. The lowest BCUT2D eigenvalue weighted by Gasteiger charge is -2.34. The molecule has 2 aromatic rings. The van der Waals surface area contributed by atoms with E-state index in [1.54, 1.807) is 34.3 Å². The van der Waals surface area contributed by atoms with Crippen LogP contribution in [0.25, 0.3) is 10.9 Å². The lowest BCUT2D eigenvalue weighted by atomic mass is 9.84. The van der Waals surface area contributed by atoms with Crippen LogP contribution in [0.2, 0.25) is 0 Å². The van der Waals surface area contributed by atoms with Crippen molar-refractivity contribution < 1.29 is 19.1 Å². The van der Waals surface area contributed by atoms with E-state index in [0.717, 1.165) is 23.1 Å². The molecule has 1 aromatic heterocycles. The van der Waals surface area contributed by atoms with Gasteiger partial charge in [-0.25, -0.2) is 4.79 Å². The van der Waals surface area contributed by atoms with E-state index in [9.17, 15) is 14.4 Å². The third-order valence-corrected chi connectivity index (χ3v) is 8.24. The van der Waals surface area contributed by atoms with E-state index in [-0.39, 0.29) is 22.2 Å². The number of alkyl carbamates (subject to hydrolysis) is 1. The molecule has 2 aliphatic rings. The number of thiocarbonyl (C=S) groups is 1. The summed E-state index contributed by atoms with van der Waals surface area (Å²) in [6.45, 7) is 5.76. The smallest absolute Gasteiger partial charge is 0.407 e. The van der Waals surface area contributed by atoms with Gasteiger partial charge in [-0.05, 0) is 43.1 Å². The van der Waals surface area contributed by atoms with E-state index in [0.29, 0.717) is 6.42 Å². The van der Waals surface area contributed by atoms with E-state index >= 15 is 0 Å². The molecule has 2 saturated heterocycles. The summed E-state index contributed by atoms with van der Waals surface area (Å²) < 4.78 is 6.86. The van der Waals surface area contributed by atoms with Crippen LogP contribution in [-0.2, 0) is 9.53 Å². The van der Waals surface area contributed by atoms with E-state index in [1.165, 1.54) is 7.05 Å². The van der Waals surface area contributed by atoms with E-state index < -0.39 is 29.7 Å². The summed E-state index contributed by atoms with van der Waals surface area (Å²) in [7, 11) is 1.47. The number of benzene rings is 1. The maximum absolute atomic E-state index is 13.9. The summed E-state index contributed by atoms with van der Waals surface area (Å²) in [6, 6.07) is 8.46. The van der Waals surface area contributed by atoms with Crippen molar-refractivity contribution in [2.75, 3.05) is 12.8 Å². The Morgan fingerprint density at radius 2 is 2.00 bits per heavy atom. The van der Waals surface area contributed by atoms with Gasteiger partial charge >= 0.3 is 6.09 Å². The van der Waals surface area contributed by atoms with Gasteiger partial charge in [-0.15, -0.1) is 11.8 Å². The summed E-state index contributed by atoms with van der Waals surface area (Å²) in [5, 5.41) is 6.39. The molecule has 2 aliphatic heterocycles. The topological polar surface area (TPSA) is 92.7 Å². The predicted octanol–water partition coefficient (Wildman–Crippen LogP) is 3.40. The molecule has 10 heteroatoms. The third-order valence-electron chi connectivity index (χ3n) is 6.54. The second-order valence-corrected chi connectivity index (χ2v) is 11.1. The average molecular weight is 503 g/mol. The highest BCUT2D eigenvalue weighted by atomic mass is 32.2. The molecule has 1 aromatic carbocycles. The molecule has 0 radical (unpaired) electrons. The van der Waals surface area contributed by atoms with E-state index in [1.807, 2.05) is 30.3 Å². The molecule has 0 saturated carbocycles. The first-order chi connectivity index (χ1) is 16.1. The van der Waals surface area contributed by atoms with E-state index in [4.69, 9.17) is 17.0 Å². The highest BCUT2D eigenvalue weighted by Crippen LogP contribution is 2.47. The zero-order valence-electron chi connectivity index (χ0n) is 19.7. The Hall–Kier alpha value is -2.59. The molecule has 3 heterocycles. The van der Waals surface area contributed by atoms with Crippen molar-refractivity contribution in [2.45, 2.75) is 57.2 Å². The molecule has 0 unspecified atom stereocenters. The number of ether oxygens (including phenoxy) is 1. The molecule has 0 aliphatic carbocycles. The number of hydrogen-bond donors (Lipinski definition) is 2. The number of para-hydroxylation sites is 1. The third kappa shape index (κ3) is 4.53. The largest absolute Gasteiger partial charge is 0.439 e. The maximum atomic E-state index is 13.9. The number of amides is 2. The monoisotopic (exact) mass is 502 g/mol. The molecule has 2 amide bonds. The lowest BCUT2D eigenvalue weighted by Crippen LogP contribution is -2.56. The van der Waals surface area contributed by atoms with Crippen LogP contribution in [0.15, 0.2) is 36.5 Å². The fourth-order valence-corrected chi connectivity index (χ4v) is 6.56. The van der Waals surface area contributed by atoms with Crippen LogP contribution in [0.4, 0.5) is 4.79 Å². The number of aromatic nitrogens is 1. The number of rotatable bonds is 4. The number of thioether (sulfide) groups is 1. The van der Waals surface area contributed by atoms with Gasteiger partial charge in [0.15, 0.2) is 6.10 Å². The summed E-state index contributed by atoms with van der Waals surface area (Å²) in [5.74, 6) is 0.494. The molecule has 8 nitrogen and oxygen atoms in total. The second-order valence-electron chi connectivity index (χ2n) is 9.40. The quantitative estimate of drug-likeness (QED) is 0.619. The summed E-state index contributed by atoms with van der Waals surface area (Å²) >= 11 is 7.12. The van der Waals surface area contributed by atoms with Crippen molar-refractivity contribution in [3.8, 4) is 0 Å². The average Bonchev–Trinajstić information content (AvgIpc) is 3.31. The molecular formula is C24H30N4O4S2. The summed E-state index contributed by atoms with van der Waals surface area (Å²) in [6.07, 6.45) is 1.80. The second kappa shape index (κ2) is 9.58. The number of carbonyl (C=O) groups excluding carboxylic acids is 3. The van der Waals surface area contributed by atoms with Gasteiger partial charge in [0.25, 0.3) is 5.91 Å². The molecule has 34 heavy (non-hydrogen) atoms. The highest BCUT2D eigenvalue weighted by Gasteiger charge is 2.54. The Kier molecular flexibility index (Phi) is 6.91. The number of carbonyl (C=O) groups is 3. The first-order valence-corrected chi connectivity index (χ1v) is 12.8. The summed E-state index contributed by atoms with van der Waals surface area (Å²) in [5.41, 5.74) is 0.436. The zero-order chi connectivity index (χ0) is 24.6. The Morgan fingerprint density at radius 3 is 2.74 bits per heavy atom. The molecule has 0 spiro atoms. The molecule has 182 valence electrons. The molecule has 0 bridgehead atoms. The number of hydrogen-bond acceptors (Lipinski definition) is 6. The van der Waals surface area contributed by atoms with Gasteiger partial charge in [0.05, 0.1) is 10.9 Å². The van der Waals surface area contributed by atoms with Crippen molar-refractivity contribution in [2.24, 2.45) is 5.41 Å². The van der Waals surface area contributed by atoms with Crippen molar-refractivity contribution in [1.82, 2.24) is 20.1 Å². The highest BCUT2D eigenvalue weighted by molar-refractivity contribution is 7.99. The molecular weight excluding hydrogens is 472 g/mol. The minimum absolute atomic E-state index is 0.0850. The minimum atomic E-state index is -0.687. The van der Waals surface area contributed by atoms with Crippen LogP contribution in [0.5, 0.6) is 0 Å². The van der Waals surface area contributed by atoms with Crippen molar-refractivity contribution in [3.63, 3.8) is 0 Å². The summed E-state index contributed by atoms with van der Waals surface area (Å²) in [4.78, 5) is 41.3. The van der Waals surface area contributed by atoms with Crippen molar-refractivity contribution >= 4 is 57.8 Å². The van der Waals surface area contributed by atoms with Gasteiger partial charge in [0.2, 0.25) is 5.91 Å². The SMILES string of the molecule is CNC(=O)O[C@@H](C)C(=S)N[C@H]1CCS[C@H]2CC(C)(C)[C@@H](C(=O)n3ccc4ccccc43)N2C1=O. The van der Waals surface area contributed by atoms with Crippen LogP contribution in [0, 0.1) is 5.41 Å². The minimum Gasteiger partial charge on any atom is -0.439 e. The Labute approximate surface area is 208 Å². The fraction of sp³-hybridized carbons (Fsp3) is 0.500. The number of nitrogens with zero attached hydrogens (tertiary/aromatic N) is 2. The van der Waals surface area contributed by atoms with Crippen LogP contribution in [0.3, 0.4) is 0 Å². The van der Waals surface area contributed by atoms with Gasteiger partial charge in [-0.3, -0.25) is 14.2 Å². The van der Waals surface area contributed by atoms with Crippen LogP contribution >= 0.6 is 24.0 Å². The van der Waals surface area contributed by atoms with Crippen LogP contribution in [-0.4, -0.2) is 68.7 Å². The first-order valence-electron chi connectivity index (χ1n) is 11.4. The fourth-order valence-electron chi connectivity index (χ4n) is 4.79. The van der Waals surface area contributed by atoms with Crippen molar-refractivity contribution in [1.29, 1.82) is 0 Å². The van der Waals surface area contributed by atoms with E-state index in [2.05, 4.69) is 24.5 Å². The maximum Gasteiger partial charge on any atom is 0.407 e. The van der Waals surface area contributed by atoms with Crippen molar-refractivity contribution in [3.05, 3.63) is 36.5 Å². The van der Waals surface area contributed by atoms with Gasteiger partial charge in [0, 0.05) is 18.6 Å². The Morgan fingerprint density at radius 1 is 1.26 bits per heavy atom. The standard InChI is InChI=1S/C24H30N4O4S2/c1-14(32-23(31)25-4)20(33)26-16-10-12-34-18-13-24(2,3)19(28(18)21(16)29)22(30)27-11-9-15-7-5-6-8-17(15)27/h5-9,11,14,16,18-19H,10,12-13H2,1-4H3,(H,25,31)(H,26,33)/t14-,16-,18-,19+/m0/s1. The van der Waals surface area contributed by atoms with Gasteiger partial charge < -0.3 is 20.3 Å². The molecule has 2 N–H and O–H groups in total. The lowest BCUT2D eigenvalue weighted by molar-refractivity contribution is -0.134. The first kappa shape index (κ1) is 24.5. The molecule has 4 atom stereocenters. The van der Waals surface area contributed by atoms with Crippen LogP contribution < -0.4 is 10.6 Å². The van der Waals surface area contributed by atoms with Gasteiger partial charge in [-0.2, -0.15) is 0 Å². The van der Waals surface area contributed by atoms with Crippen LogP contribution in [0.1, 0.15) is 38.4 Å².